The lowest BCUT2D eigenvalue weighted by Crippen LogP contribution is -2.27. The van der Waals surface area contributed by atoms with Gasteiger partial charge >= 0.3 is 0 Å². The molecule has 0 N–H and O–H groups in total. The predicted octanol–water partition coefficient (Wildman–Crippen LogP) is 2.48. The summed E-state index contributed by atoms with van der Waals surface area (Å²) in [5.74, 6) is -0.223. The van der Waals surface area contributed by atoms with E-state index in [1.165, 1.54) is 6.07 Å². The van der Waals surface area contributed by atoms with Crippen LogP contribution in [0.2, 0.25) is 0 Å². The molecule has 0 aliphatic carbocycles. The molecule has 4 nitrogen and oxygen atoms in total. The molecule has 1 aromatic carbocycles. The highest BCUT2D eigenvalue weighted by Crippen LogP contribution is 2.17. The standard InChI is InChI=1S/C15H20FN3O/c1-3-18(9-10-20-2)12-13-11-14(16)5-6-15(13)19-8-4-7-17-19/h4-8,11H,3,9-10,12H2,1-2H3. The van der Waals surface area contributed by atoms with E-state index >= 15 is 0 Å². The van der Waals surface area contributed by atoms with E-state index in [0.29, 0.717) is 13.2 Å². The third kappa shape index (κ3) is 3.65. The van der Waals surface area contributed by atoms with Gasteiger partial charge < -0.3 is 4.74 Å². The van der Waals surface area contributed by atoms with Crippen LogP contribution in [0, 0.1) is 5.82 Å². The molecule has 0 amide bonds. The summed E-state index contributed by atoms with van der Waals surface area (Å²) in [4.78, 5) is 2.21. The first kappa shape index (κ1) is 14.7. The Morgan fingerprint density at radius 3 is 2.90 bits per heavy atom. The first-order valence-electron chi connectivity index (χ1n) is 6.74. The lowest BCUT2D eigenvalue weighted by Gasteiger charge is -2.21. The molecular weight excluding hydrogens is 257 g/mol. The predicted molar refractivity (Wildman–Crippen MR) is 76.3 cm³/mol. The molecular formula is C15H20FN3O. The fourth-order valence-corrected chi connectivity index (χ4v) is 2.13. The molecule has 2 rings (SSSR count). The summed E-state index contributed by atoms with van der Waals surface area (Å²) in [6.07, 6.45) is 3.58. The topological polar surface area (TPSA) is 30.3 Å². The molecule has 0 aliphatic rings. The van der Waals surface area contributed by atoms with Crippen LogP contribution in [0.3, 0.4) is 0 Å². The minimum absolute atomic E-state index is 0.223. The number of halogens is 1. The van der Waals surface area contributed by atoms with Gasteiger partial charge in [-0.2, -0.15) is 5.10 Å². The van der Waals surface area contributed by atoms with E-state index in [9.17, 15) is 4.39 Å². The largest absolute Gasteiger partial charge is 0.383 e. The van der Waals surface area contributed by atoms with Crippen molar-refractivity contribution in [3.05, 3.63) is 48.0 Å². The molecule has 0 saturated heterocycles. The van der Waals surface area contributed by atoms with Crippen LogP contribution >= 0.6 is 0 Å². The molecule has 1 heterocycles. The fourth-order valence-electron chi connectivity index (χ4n) is 2.13. The van der Waals surface area contributed by atoms with Gasteiger partial charge in [-0.1, -0.05) is 6.92 Å². The van der Waals surface area contributed by atoms with Crippen LogP contribution in [0.15, 0.2) is 36.7 Å². The zero-order chi connectivity index (χ0) is 14.4. The van der Waals surface area contributed by atoms with Crippen molar-refractivity contribution < 1.29 is 9.13 Å². The van der Waals surface area contributed by atoms with Gasteiger partial charge in [-0.15, -0.1) is 0 Å². The number of hydrogen-bond acceptors (Lipinski definition) is 3. The smallest absolute Gasteiger partial charge is 0.123 e. The van der Waals surface area contributed by atoms with Crippen molar-refractivity contribution in [3.8, 4) is 5.69 Å². The van der Waals surface area contributed by atoms with Gasteiger partial charge in [0.15, 0.2) is 0 Å². The number of benzene rings is 1. The zero-order valence-electron chi connectivity index (χ0n) is 11.9. The summed E-state index contributed by atoms with van der Waals surface area (Å²) in [5.41, 5.74) is 1.83. The van der Waals surface area contributed by atoms with Crippen LogP contribution in [-0.2, 0) is 11.3 Å². The first-order valence-corrected chi connectivity index (χ1v) is 6.74. The zero-order valence-corrected chi connectivity index (χ0v) is 11.9. The summed E-state index contributed by atoms with van der Waals surface area (Å²) in [5, 5.41) is 4.22. The van der Waals surface area contributed by atoms with Gasteiger partial charge in [0.2, 0.25) is 0 Å². The van der Waals surface area contributed by atoms with E-state index in [2.05, 4.69) is 16.9 Å². The maximum Gasteiger partial charge on any atom is 0.123 e. The molecule has 108 valence electrons. The Labute approximate surface area is 118 Å². The number of aromatic nitrogens is 2. The molecule has 0 atom stereocenters. The van der Waals surface area contributed by atoms with Crippen LogP contribution in [0.1, 0.15) is 12.5 Å². The van der Waals surface area contributed by atoms with Gasteiger partial charge in [-0.05, 0) is 36.4 Å². The number of nitrogens with zero attached hydrogens (tertiary/aromatic N) is 3. The van der Waals surface area contributed by atoms with Gasteiger partial charge in [0.25, 0.3) is 0 Å². The van der Waals surface area contributed by atoms with Crippen molar-refractivity contribution in [2.45, 2.75) is 13.5 Å². The monoisotopic (exact) mass is 277 g/mol. The Hall–Kier alpha value is -1.72. The van der Waals surface area contributed by atoms with Gasteiger partial charge in [0.1, 0.15) is 5.82 Å². The van der Waals surface area contributed by atoms with Crippen LogP contribution < -0.4 is 0 Å². The van der Waals surface area contributed by atoms with Crippen LogP contribution in [0.4, 0.5) is 4.39 Å². The molecule has 0 fully saturated rings. The van der Waals surface area contributed by atoms with E-state index in [0.717, 1.165) is 24.3 Å². The van der Waals surface area contributed by atoms with E-state index in [1.807, 2.05) is 12.3 Å². The second-order valence-electron chi connectivity index (χ2n) is 4.59. The maximum absolute atomic E-state index is 13.5. The average Bonchev–Trinajstić information content (AvgIpc) is 2.97. The molecule has 1 aromatic heterocycles. The highest BCUT2D eigenvalue weighted by atomic mass is 19.1. The summed E-state index contributed by atoms with van der Waals surface area (Å²) in [6, 6.07) is 6.66. The number of ether oxygens (including phenoxy) is 1. The van der Waals surface area contributed by atoms with Crippen molar-refractivity contribution in [1.29, 1.82) is 0 Å². The van der Waals surface area contributed by atoms with Crippen molar-refractivity contribution in [2.24, 2.45) is 0 Å². The van der Waals surface area contributed by atoms with Gasteiger partial charge in [0, 0.05) is 32.6 Å². The third-order valence-corrected chi connectivity index (χ3v) is 3.25. The number of methoxy groups -OCH3 is 1. The normalized spacial score (nSPS) is 11.2. The molecule has 0 radical (unpaired) electrons. The van der Waals surface area contributed by atoms with Crippen molar-refractivity contribution in [2.75, 3.05) is 26.8 Å². The third-order valence-electron chi connectivity index (χ3n) is 3.25. The van der Waals surface area contributed by atoms with E-state index < -0.39 is 0 Å². The van der Waals surface area contributed by atoms with Crippen LogP contribution in [0.25, 0.3) is 5.69 Å². The molecule has 0 saturated carbocycles. The Morgan fingerprint density at radius 2 is 2.25 bits per heavy atom. The molecule has 2 aromatic rings. The number of hydrogen-bond donors (Lipinski definition) is 0. The molecule has 0 bridgehead atoms. The lowest BCUT2D eigenvalue weighted by molar-refractivity contribution is 0.147. The average molecular weight is 277 g/mol. The Balaban J connectivity index is 2.23. The summed E-state index contributed by atoms with van der Waals surface area (Å²) in [7, 11) is 1.69. The van der Waals surface area contributed by atoms with Crippen LogP contribution in [-0.4, -0.2) is 41.5 Å². The lowest BCUT2D eigenvalue weighted by atomic mass is 10.1. The second-order valence-corrected chi connectivity index (χ2v) is 4.59. The maximum atomic E-state index is 13.5. The summed E-state index contributed by atoms with van der Waals surface area (Å²) in [6.45, 7) is 5.14. The van der Waals surface area contributed by atoms with E-state index in [1.54, 1.807) is 30.1 Å². The van der Waals surface area contributed by atoms with Crippen LogP contribution in [0.5, 0.6) is 0 Å². The summed E-state index contributed by atoms with van der Waals surface area (Å²) < 4.78 is 20.4. The van der Waals surface area contributed by atoms with Gasteiger partial charge in [-0.3, -0.25) is 4.90 Å². The van der Waals surface area contributed by atoms with E-state index in [-0.39, 0.29) is 5.82 Å². The highest BCUT2D eigenvalue weighted by molar-refractivity contribution is 5.40. The first-order chi connectivity index (χ1) is 9.74. The molecule has 0 spiro atoms. The number of rotatable bonds is 7. The molecule has 0 aliphatic heterocycles. The van der Waals surface area contributed by atoms with Crippen molar-refractivity contribution >= 4 is 0 Å². The molecule has 5 heteroatoms. The Kier molecular flexibility index (Phi) is 5.26. The number of likely N-dealkylation sites (N-methyl/N-ethyl adjacent to an activating group) is 1. The second kappa shape index (κ2) is 7.17. The van der Waals surface area contributed by atoms with Crippen molar-refractivity contribution in [1.82, 2.24) is 14.7 Å². The summed E-state index contributed by atoms with van der Waals surface area (Å²) >= 11 is 0. The minimum atomic E-state index is -0.223. The highest BCUT2D eigenvalue weighted by Gasteiger charge is 2.10. The Bertz CT molecular complexity index is 528. The van der Waals surface area contributed by atoms with E-state index in [4.69, 9.17) is 4.74 Å². The minimum Gasteiger partial charge on any atom is -0.383 e. The van der Waals surface area contributed by atoms with Gasteiger partial charge in [0.05, 0.1) is 12.3 Å². The van der Waals surface area contributed by atoms with Crippen molar-refractivity contribution in [3.63, 3.8) is 0 Å². The SMILES string of the molecule is CCN(CCOC)Cc1cc(F)ccc1-n1cccn1. The van der Waals surface area contributed by atoms with Gasteiger partial charge in [-0.25, -0.2) is 9.07 Å². The molecule has 20 heavy (non-hydrogen) atoms. The quantitative estimate of drug-likeness (QED) is 0.779. The molecule has 0 unspecified atom stereocenters. The Morgan fingerprint density at radius 1 is 1.40 bits per heavy atom. The fraction of sp³-hybridized carbons (Fsp3) is 0.400.